The number of rotatable bonds is 2. The van der Waals surface area contributed by atoms with E-state index in [0.29, 0.717) is 5.69 Å². The van der Waals surface area contributed by atoms with Crippen molar-refractivity contribution in [3.8, 4) is 0 Å². The highest BCUT2D eigenvalue weighted by Crippen LogP contribution is 2.30. The second kappa shape index (κ2) is 4.36. The molecule has 0 saturated carbocycles. The van der Waals surface area contributed by atoms with Gasteiger partial charge in [0.25, 0.3) is 3.79 Å². The van der Waals surface area contributed by atoms with Crippen LogP contribution in [0.25, 0.3) is 0 Å². The molecule has 0 aromatic heterocycles. The summed E-state index contributed by atoms with van der Waals surface area (Å²) >= 11 is 16.2. The molecule has 1 rings (SSSR count). The van der Waals surface area contributed by atoms with Crippen molar-refractivity contribution < 1.29 is 10.0 Å². The lowest BCUT2D eigenvalue weighted by Crippen LogP contribution is -2.18. The first-order valence-corrected chi connectivity index (χ1v) is 4.70. The predicted molar refractivity (Wildman–Crippen MR) is 56.5 cm³/mol. The Kier molecular flexibility index (Phi) is 3.61. The molecule has 0 atom stereocenters. The van der Waals surface area contributed by atoms with E-state index in [-0.39, 0.29) is 5.56 Å². The Morgan fingerprint density at radius 1 is 1.21 bits per heavy atom. The molecule has 0 amide bonds. The number of hydrogen-bond donors (Lipinski definition) is 2. The number of halogens is 3. The molecule has 2 N–H and O–H groups in total. The molecule has 76 valence electrons. The van der Waals surface area contributed by atoms with E-state index in [0.717, 1.165) is 0 Å². The van der Waals surface area contributed by atoms with Crippen LogP contribution in [0.5, 0.6) is 0 Å². The van der Waals surface area contributed by atoms with Gasteiger partial charge in [0.05, 0.1) is 5.69 Å². The van der Waals surface area contributed by atoms with E-state index in [4.69, 9.17) is 40.0 Å². The Morgan fingerprint density at radius 2 is 1.71 bits per heavy atom. The first-order valence-electron chi connectivity index (χ1n) is 3.57. The summed E-state index contributed by atoms with van der Waals surface area (Å²) in [5.41, 5.74) is 2.64. The first-order chi connectivity index (χ1) is 6.45. The number of hydrogen-bond acceptors (Lipinski definition) is 3. The van der Waals surface area contributed by atoms with E-state index < -0.39 is 9.58 Å². The van der Waals surface area contributed by atoms with E-state index in [9.17, 15) is 4.79 Å². The van der Waals surface area contributed by atoms with E-state index in [1.807, 2.05) is 5.48 Å². The molecule has 0 spiro atoms. The lowest BCUT2D eigenvalue weighted by atomic mass is 10.1. The van der Waals surface area contributed by atoms with Crippen LogP contribution in [0.4, 0.5) is 5.69 Å². The smallest absolute Gasteiger partial charge is 0.253 e. The zero-order chi connectivity index (χ0) is 10.8. The molecule has 0 aliphatic heterocycles. The Bertz CT molecular complexity index is 331. The van der Waals surface area contributed by atoms with E-state index in [1.165, 1.54) is 24.3 Å². The maximum Gasteiger partial charge on any atom is 0.253 e. The topological polar surface area (TPSA) is 49.3 Å². The van der Waals surface area contributed by atoms with E-state index in [1.54, 1.807) is 0 Å². The summed E-state index contributed by atoms with van der Waals surface area (Å²) in [5.74, 6) is -0.605. The largest absolute Gasteiger partial charge is 0.291 e. The third-order valence-corrected chi connectivity index (χ3v) is 2.05. The highest BCUT2D eigenvalue weighted by Gasteiger charge is 2.31. The molecule has 14 heavy (non-hydrogen) atoms. The molecule has 0 aliphatic carbocycles. The van der Waals surface area contributed by atoms with Crippen LogP contribution in [0.15, 0.2) is 24.3 Å². The van der Waals surface area contributed by atoms with Gasteiger partial charge >= 0.3 is 0 Å². The second-order valence-corrected chi connectivity index (χ2v) is 4.80. The summed E-state index contributed by atoms with van der Waals surface area (Å²) < 4.78 is -1.95. The molecular weight excluding hydrogens is 248 g/mol. The van der Waals surface area contributed by atoms with Crippen LogP contribution >= 0.6 is 34.8 Å². The molecule has 0 aliphatic rings. The van der Waals surface area contributed by atoms with Crippen molar-refractivity contribution in [1.29, 1.82) is 0 Å². The van der Waals surface area contributed by atoms with Crippen molar-refractivity contribution in [3.63, 3.8) is 0 Å². The number of alkyl halides is 3. The Labute approximate surface area is 95.5 Å². The zero-order valence-electron chi connectivity index (χ0n) is 6.80. The molecule has 0 fully saturated rings. The maximum atomic E-state index is 11.4. The first kappa shape index (κ1) is 11.6. The Morgan fingerprint density at radius 3 is 2.07 bits per heavy atom. The van der Waals surface area contributed by atoms with Gasteiger partial charge < -0.3 is 0 Å². The molecule has 1 aromatic carbocycles. The molecule has 6 heteroatoms. The molecular formula is C8H6Cl3NO2. The summed E-state index contributed by atoms with van der Waals surface area (Å²) in [5, 5.41) is 8.51. The van der Waals surface area contributed by atoms with Crippen LogP contribution in [0.2, 0.25) is 0 Å². The van der Waals surface area contributed by atoms with Crippen molar-refractivity contribution in [3.05, 3.63) is 29.8 Å². The number of anilines is 1. The van der Waals surface area contributed by atoms with Crippen LogP contribution in [0.3, 0.4) is 0 Å². The molecule has 0 radical (unpaired) electrons. The van der Waals surface area contributed by atoms with Crippen LogP contribution in [-0.2, 0) is 0 Å². The Balaban J connectivity index is 2.93. The van der Waals surface area contributed by atoms with Crippen molar-refractivity contribution in [2.75, 3.05) is 5.48 Å². The highest BCUT2D eigenvalue weighted by molar-refractivity contribution is 6.77. The summed E-state index contributed by atoms with van der Waals surface area (Å²) in [6, 6.07) is 5.87. The number of carbonyl (C=O) groups is 1. The SMILES string of the molecule is O=C(c1ccc(NO)cc1)C(Cl)(Cl)Cl. The van der Waals surface area contributed by atoms with Crippen molar-refractivity contribution in [1.82, 2.24) is 0 Å². The van der Waals surface area contributed by atoms with Gasteiger partial charge in [-0.15, -0.1) is 0 Å². The summed E-state index contributed by atoms with van der Waals surface area (Å²) in [4.78, 5) is 11.4. The normalized spacial score (nSPS) is 11.1. The lowest BCUT2D eigenvalue weighted by Gasteiger charge is -2.09. The predicted octanol–water partition coefficient (Wildman–Crippen LogP) is 3.04. The van der Waals surface area contributed by atoms with Gasteiger partial charge in [-0.2, -0.15) is 0 Å². The Hall–Kier alpha value is -0.480. The molecule has 1 aromatic rings. The van der Waals surface area contributed by atoms with Crippen LogP contribution in [0.1, 0.15) is 10.4 Å². The quantitative estimate of drug-likeness (QED) is 0.484. The zero-order valence-corrected chi connectivity index (χ0v) is 9.07. The third-order valence-electron chi connectivity index (χ3n) is 1.53. The van der Waals surface area contributed by atoms with Crippen LogP contribution in [0, 0.1) is 0 Å². The molecule has 0 unspecified atom stereocenters. The van der Waals surface area contributed by atoms with Gasteiger partial charge in [-0.1, -0.05) is 34.8 Å². The lowest BCUT2D eigenvalue weighted by molar-refractivity contribution is 0.0996. The fourth-order valence-corrected chi connectivity index (χ4v) is 1.19. The monoisotopic (exact) mass is 253 g/mol. The number of carbonyl (C=O) groups excluding carboxylic acids is 1. The number of Topliss-reactive ketones (excluding diaryl/α,β-unsaturated/α-hetero) is 1. The van der Waals surface area contributed by atoms with Crippen molar-refractivity contribution >= 4 is 46.3 Å². The van der Waals surface area contributed by atoms with Gasteiger partial charge in [0, 0.05) is 5.56 Å². The summed E-state index contributed by atoms with van der Waals surface area (Å²) in [6.07, 6.45) is 0. The summed E-state index contributed by atoms with van der Waals surface area (Å²) in [6.45, 7) is 0. The highest BCUT2D eigenvalue weighted by atomic mass is 35.6. The van der Waals surface area contributed by atoms with Gasteiger partial charge in [0.2, 0.25) is 5.78 Å². The number of benzene rings is 1. The van der Waals surface area contributed by atoms with Gasteiger partial charge in [0.1, 0.15) is 0 Å². The van der Waals surface area contributed by atoms with Gasteiger partial charge in [0.15, 0.2) is 0 Å². The summed E-state index contributed by atoms with van der Waals surface area (Å²) in [7, 11) is 0. The average Bonchev–Trinajstić information content (AvgIpc) is 2.15. The fraction of sp³-hybridized carbons (Fsp3) is 0.125. The number of ketones is 1. The fourth-order valence-electron chi connectivity index (χ4n) is 0.860. The molecule has 3 nitrogen and oxygen atoms in total. The standard InChI is InChI=1S/C8H6Cl3NO2/c9-8(10,11)7(13)5-1-3-6(12-14)4-2-5/h1-4,12,14H. The van der Waals surface area contributed by atoms with E-state index >= 15 is 0 Å². The van der Waals surface area contributed by atoms with Gasteiger partial charge in [-0.25, -0.2) is 0 Å². The molecule has 0 saturated heterocycles. The van der Waals surface area contributed by atoms with Crippen LogP contribution in [-0.4, -0.2) is 14.8 Å². The molecule has 0 bridgehead atoms. The average molecular weight is 254 g/mol. The van der Waals surface area contributed by atoms with Crippen molar-refractivity contribution in [2.24, 2.45) is 0 Å². The van der Waals surface area contributed by atoms with Gasteiger partial charge in [-0.3, -0.25) is 15.5 Å². The second-order valence-electron chi connectivity index (χ2n) is 2.52. The molecule has 0 heterocycles. The minimum atomic E-state index is -1.95. The van der Waals surface area contributed by atoms with Crippen molar-refractivity contribution in [2.45, 2.75) is 3.79 Å². The third kappa shape index (κ3) is 2.75. The van der Waals surface area contributed by atoms with E-state index in [2.05, 4.69) is 0 Å². The minimum absolute atomic E-state index is 0.268. The maximum absolute atomic E-state index is 11.4. The van der Waals surface area contributed by atoms with Gasteiger partial charge in [-0.05, 0) is 24.3 Å². The minimum Gasteiger partial charge on any atom is -0.291 e. The van der Waals surface area contributed by atoms with Crippen LogP contribution < -0.4 is 5.48 Å². The number of nitrogens with one attached hydrogen (secondary N) is 1.